The summed E-state index contributed by atoms with van der Waals surface area (Å²) in [6.45, 7) is 5.66. The number of fused-ring (bicyclic) bond motifs is 1. The van der Waals surface area contributed by atoms with Gasteiger partial charge in [0.1, 0.15) is 18.2 Å². The number of carbonyl (C=O) groups excluding carboxylic acids is 3. The fourth-order valence-corrected chi connectivity index (χ4v) is 2.62. The summed E-state index contributed by atoms with van der Waals surface area (Å²) in [5.74, 6) is -2.48. The highest BCUT2D eigenvalue weighted by Crippen LogP contribution is 2.11. The van der Waals surface area contributed by atoms with Crippen LogP contribution in [0.2, 0.25) is 0 Å². The molecule has 2 aromatic rings. The maximum Gasteiger partial charge on any atom is 0.408 e. The number of aromatic nitrogens is 4. The number of hydrogen-bond acceptors (Lipinski definition) is 8. The van der Waals surface area contributed by atoms with Crippen LogP contribution in [-0.4, -0.2) is 66.7 Å². The molecule has 5 N–H and O–H groups in total. The number of rotatable bonds is 8. The number of nitrogens with one attached hydrogen (secondary N) is 4. The molecule has 32 heavy (non-hydrogen) atoms. The van der Waals surface area contributed by atoms with Crippen LogP contribution in [0.15, 0.2) is 11.1 Å². The first kappa shape index (κ1) is 24.3. The van der Waals surface area contributed by atoms with Crippen LogP contribution >= 0.6 is 0 Å². The molecular formula is C18H25N7O7. The standard InChI is InChI=1S/C18H25N7O7/c1-9(26)21-16-23-13-12(15(30)24-16)20-8-25(13)6-5-10(14(29)19-7-11(27)28)22-17(31)32-18(2,3)4/h8,10H,5-7H2,1-4H3,(H,19,29)(H,22,31)(H,27,28)(H2,21,23,24,26,30)/t10-/m0/s1. The minimum absolute atomic E-state index is 0.000104. The molecule has 14 nitrogen and oxygen atoms in total. The lowest BCUT2D eigenvalue weighted by atomic mass is 10.2. The Morgan fingerprint density at radius 3 is 2.56 bits per heavy atom. The predicted molar refractivity (Wildman–Crippen MR) is 111 cm³/mol. The van der Waals surface area contributed by atoms with Gasteiger partial charge in [-0.05, 0) is 27.2 Å². The second-order valence-electron chi connectivity index (χ2n) is 7.80. The molecule has 0 saturated heterocycles. The van der Waals surface area contributed by atoms with Gasteiger partial charge in [-0.25, -0.2) is 9.78 Å². The van der Waals surface area contributed by atoms with Gasteiger partial charge in [0, 0.05) is 13.5 Å². The first-order valence-corrected chi connectivity index (χ1v) is 9.57. The van der Waals surface area contributed by atoms with Crippen molar-refractivity contribution in [2.45, 2.75) is 52.3 Å². The molecule has 0 fully saturated rings. The van der Waals surface area contributed by atoms with E-state index in [0.29, 0.717) is 0 Å². The zero-order chi connectivity index (χ0) is 24.1. The molecule has 0 aromatic carbocycles. The first-order valence-electron chi connectivity index (χ1n) is 9.57. The molecule has 174 valence electrons. The second-order valence-corrected chi connectivity index (χ2v) is 7.80. The quantitative estimate of drug-likeness (QED) is 0.353. The molecule has 1 atom stereocenters. The molecule has 0 radical (unpaired) electrons. The summed E-state index contributed by atoms with van der Waals surface area (Å²) in [6.07, 6.45) is 0.468. The average molecular weight is 451 g/mol. The molecular weight excluding hydrogens is 426 g/mol. The van der Waals surface area contributed by atoms with Gasteiger partial charge < -0.3 is 25.0 Å². The van der Waals surface area contributed by atoms with Crippen molar-refractivity contribution in [3.8, 4) is 0 Å². The van der Waals surface area contributed by atoms with Gasteiger partial charge in [-0.3, -0.25) is 29.5 Å². The molecule has 0 aliphatic carbocycles. The molecule has 2 aromatic heterocycles. The number of ether oxygens (including phenoxy) is 1. The molecule has 0 aliphatic heterocycles. The van der Waals surface area contributed by atoms with Gasteiger partial charge in [0.2, 0.25) is 17.8 Å². The molecule has 0 bridgehead atoms. The van der Waals surface area contributed by atoms with E-state index in [9.17, 15) is 24.0 Å². The second kappa shape index (κ2) is 9.89. The van der Waals surface area contributed by atoms with Crippen LogP contribution < -0.4 is 21.5 Å². The molecule has 0 aliphatic rings. The monoisotopic (exact) mass is 451 g/mol. The Morgan fingerprint density at radius 2 is 1.97 bits per heavy atom. The van der Waals surface area contributed by atoms with E-state index in [1.165, 1.54) is 17.8 Å². The van der Waals surface area contributed by atoms with E-state index < -0.39 is 47.6 Å². The van der Waals surface area contributed by atoms with E-state index in [2.05, 4.69) is 30.9 Å². The highest BCUT2D eigenvalue weighted by Gasteiger charge is 2.25. The van der Waals surface area contributed by atoms with Crippen LogP contribution in [0, 0.1) is 0 Å². The van der Waals surface area contributed by atoms with E-state index in [1.54, 1.807) is 20.8 Å². The maximum absolute atomic E-state index is 12.4. The number of aliphatic carboxylic acids is 1. The molecule has 0 saturated carbocycles. The number of anilines is 1. The Kier molecular flexibility index (Phi) is 7.51. The Bertz CT molecular complexity index is 1080. The van der Waals surface area contributed by atoms with Gasteiger partial charge in [-0.2, -0.15) is 4.98 Å². The van der Waals surface area contributed by atoms with Crippen LogP contribution in [0.5, 0.6) is 0 Å². The van der Waals surface area contributed by atoms with Crippen LogP contribution in [-0.2, 0) is 25.7 Å². The number of nitrogens with zero attached hydrogens (tertiary/aromatic N) is 3. The van der Waals surface area contributed by atoms with E-state index in [0.717, 1.165) is 0 Å². The third kappa shape index (κ3) is 7.07. The Labute approximate surface area is 181 Å². The fourth-order valence-electron chi connectivity index (χ4n) is 2.62. The smallest absolute Gasteiger partial charge is 0.408 e. The lowest BCUT2D eigenvalue weighted by Gasteiger charge is -2.23. The number of aryl methyl sites for hydroxylation is 1. The van der Waals surface area contributed by atoms with Crippen molar-refractivity contribution < 1.29 is 29.0 Å². The Balaban J connectivity index is 2.22. The van der Waals surface area contributed by atoms with E-state index in [4.69, 9.17) is 9.84 Å². The molecule has 2 rings (SSSR count). The van der Waals surface area contributed by atoms with Crippen molar-refractivity contribution in [3.63, 3.8) is 0 Å². The van der Waals surface area contributed by atoms with Crippen molar-refractivity contribution in [3.05, 3.63) is 16.7 Å². The number of amides is 3. The number of carboxylic acid groups (broad SMARTS) is 1. The van der Waals surface area contributed by atoms with Crippen molar-refractivity contribution >= 4 is 41.0 Å². The van der Waals surface area contributed by atoms with Gasteiger partial charge in [0.25, 0.3) is 5.56 Å². The summed E-state index contributed by atoms with van der Waals surface area (Å²) in [6, 6.07) is -1.14. The van der Waals surface area contributed by atoms with Gasteiger partial charge in [-0.1, -0.05) is 0 Å². The van der Waals surface area contributed by atoms with Crippen molar-refractivity contribution in [1.29, 1.82) is 0 Å². The highest BCUT2D eigenvalue weighted by atomic mass is 16.6. The van der Waals surface area contributed by atoms with Crippen LogP contribution in [0.3, 0.4) is 0 Å². The summed E-state index contributed by atoms with van der Waals surface area (Å²) in [7, 11) is 0. The molecule has 3 amide bonds. The minimum atomic E-state index is -1.25. The van der Waals surface area contributed by atoms with Crippen molar-refractivity contribution in [2.24, 2.45) is 0 Å². The molecule has 0 spiro atoms. The van der Waals surface area contributed by atoms with Crippen LogP contribution in [0.25, 0.3) is 11.2 Å². The normalized spacial score (nSPS) is 12.1. The highest BCUT2D eigenvalue weighted by molar-refractivity contribution is 5.88. The number of H-pyrrole nitrogens is 1. The molecule has 0 unspecified atom stereocenters. The van der Waals surface area contributed by atoms with Crippen molar-refractivity contribution in [1.82, 2.24) is 30.2 Å². The number of aromatic amines is 1. The van der Waals surface area contributed by atoms with Gasteiger partial charge >= 0.3 is 12.1 Å². The topological polar surface area (TPSA) is 197 Å². The third-order valence-corrected chi connectivity index (χ3v) is 3.85. The lowest BCUT2D eigenvalue weighted by molar-refractivity contribution is -0.138. The number of hydrogen-bond donors (Lipinski definition) is 5. The molecule has 2 heterocycles. The largest absolute Gasteiger partial charge is 0.480 e. The summed E-state index contributed by atoms with van der Waals surface area (Å²) in [5.41, 5.74) is -1.21. The van der Waals surface area contributed by atoms with Crippen LogP contribution in [0.4, 0.5) is 10.7 Å². The first-order chi connectivity index (χ1) is 14.9. The number of carboxylic acids is 1. The van der Waals surface area contributed by atoms with Gasteiger partial charge in [0.15, 0.2) is 11.2 Å². The van der Waals surface area contributed by atoms with E-state index in [1.807, 2.05) is 0 Å². The number of carbonyl (C=O) groups is 4. The average Bonchev–Trinajstić information content (AvgIpc) is 3.04. The zero-order valence-corrected chi connectivity index (χ0v) is 18.0. The lowest BCUT2D eigenvalue weighted by Crippen LogP contribution is -2.49. The van der Waals surface area contributed by atoms with Crippen molar-refractivity contribution in [2.75, 3.05) is 11.9 Å². The van der Waals surface area contributed by atoms with Crippen LogP contribution in [0.1, 0.15) is 34.1 Å². The Morgan fingerprint density at radius 1 is 1.28 bits per heavy atom. The maximum atomic E-state index is 12.4. The van der Waals surface area contributed by atoms with Gasteiger partial charge in [-0.15, -0.1) is 0 Å². The molecule has 14 heteroatoms. The summed E-state index contributed by atoms with van der Waals surface area (Å²) >= 11 is 0. The van der Waals surface area contributed by atoms with Gasteiger partial charge in [0.05, 0.1) is 6.33 Å². The van der Waals surface area contributed by atoms with E-state index >= 15 is 0 Å². The summed E-state index contributed by atoms with van der Waals surface area (Å²) < 4.78 is 6.62. The number of imidazole rings is 1. The third-order valence-electron chi connectivity index (χ3n) is 3.85. The predicted octanol–water partition coefficient (Wildman–Crippen LogP) is -0.438. The summed E-state index contributed by atoms with van der Waals surface area (Å²) in [4.78, 5) is 69.2. The fraction of sp³-hybridized carbons (Fsp3) is 0.500. The van der Waals surface area contributed by atoms with E-state index in [-0.39, 0.29) is 30.1 Å². The zero-order valence-electron chi connectivity index (χ0n) is 18.0. The number of alkyl carbamates (subject to hydrolysis) is 1. The minimum Gasteiger partial charge on any atom is -0.480 e. The Hall–Kier alpha value is -3.97. The summed E-state index contributed by atoms with van der Waals surface area (Å²) in [5, 5.41) is 15.8. The SMILES string of the molecule is CC(=O)Nc1nc2c(ncn2CC[C@H](NC(=O)OC(C)(C)C)C(=O)NCC(=O)O)c(=O)[nH]1.